The summed E-state index contributed by atoms with van der Waals surface area (Å²) in [7, 11) is 0. The minimum absolute atomic E-state index is 0.0576. The maximum absolute atomic E-state index is 11.8. The molecule has 0 heterocycles. The number of carbonyl (C=O) groups is 2. The van der Waals surface area contributed by atoms with Gasteiger partial charge in [-0.3, -0.25) is 0 Å². The molecule has 122 valence electrons. The smallest absolute Gasteiger partial charge is 0.408 e. The number of hydrogen-bond acceptors (Lipinski definition) is 4. The number of carbonyl (C=O) groups excluding carboxylic acids is 1. The number of rotatable bonds is 6. The number of alkyl carbamates (subject to hydrolysis) is 1. The van der Waals surface area contributed by atoms with E-state index < -0.39 is 29.8 Å². The molecule has 6 heteroatoms. The van der Waals surface area contributed by atoms with Gasteiger partial charge in [-0.15, -0.1) is 0 Å². The fraction of sp³-hybridized carbons (Fsp3) is 0.500. The number of benzene rings is 1. The van der Waals surface area contributed by atoms with Crippen LogP contribution >= 0.6 is 0 Å². The summed E-state index contributed by atoms with van der Waals surface area (Å²) in [5, 5.41) is 21.2. The average molecular weight is 309 g/mol. The Hall–Kier alpha value is -2.08. The lowest BCUT2D eigenvalue weighted by molar-refractivity contribution is -0.147. The molecule has 1 aromatic rings. The Kier molecular flexibility index (Phi) is 5.93. The summed E-state index contributed by atoms with van der Waals surface area (Å²) in [6.45, 7) is 4.32. The highest BCUT2D eigenvalue weighted by Crippen LogP contribution is 2.17. The van der Waals surface area contributed by atoms with Crippen molar-refractivity contribution in [2.75, 3.05) is 6.61 Å². The lowest BCUT2D eigenvalue weighted by Crippen LogP contribution is -2.58. The van der Waals surface area contributed by atoms with Crippen LogP contribution in [-0.2, 0) is 16.0 Å². The van der Waals surface area contributed by atoms with Crippen LogP contribution in [0.4, 0.5) is 4.79 Å². The van der Waals surface area contributed by atoms with Gasteiger partial charge in [-0.05, 0) is 39.2 Å². The predicted octanol–water partition coefficient (Wildman–Crippen LogP) is 1.96. The lowest BCUT2D eigenvalue weighted by Gasteiger charge is -2.30. The van der Waals surface area contributed by atoms with E-state index in [9.17, 15) is 19.8 Å². The van der Waals surface area contributed by atoms with Crippen molar-refractivity contribution in [2.24, 2.45) is 0 Å². The molecule has 0 aromatic heterocycles. The molecule has 1 aromatic carbocycles. The second-order valence-corrected chi connectivity index (χ2v) is 6.16. The Bertz CT molecular complexity index is 509. The number of carboxylic acids is 1. The van der Waals surface area contributed by atoms with E-state index in [1.807, 2.05) is 30.3 Å². The molecule has 0 fully saturated rings. The molecule has 1 rings (SSSR count). The third kappa shape index (κ3) is 5.37. The highest BCUT2D eigenvalue weighted by atomic mass is 16.6. The predicted molar refractivity (Wildman–Crippen MR) is 81.6 cm³/mol. The van der Waals surface area contributed by atoms with E-state index in [1.165, 1.54) is 0 Å². The van der Waals surface area contributed by atoms with Crippen LogP contribution in [0, 0.1) is 0 Å². The molecule has 6 nitrogen and oxygen atoms in total. The van der Waals surface area contributed by atoms with Crippen molar-refractivity contribution in [1.82, 2.24) is 5.32 Å². The second-order valence-electron chi connectivity index (χ2n) is 6.16. The van der Waals surface area contributed by atoms with Gasteiger partial charge in [-0.2, -0.15) is 0 Å². The van der Waals surface area contributed by atoms with Gasteiger partial charge in [-0.25, -0.2) is 9.59 Å². The summed E-state index contributed by atoms with van der Waals surface area (Å²) in [6.07, 6.45) is -0.400. The number of ether oxygens (including phenoxy) is 1. The van der Waals surface area contributed by atoms with Gasteiger partial charge in [0.1, 0.15) is 5.60 Å². The van der Waals surface area contributed by atoms with Gasteiger partial charge in [0.25, 0.3) is 0 Å². The van der Waals surface area contributed by atoms with Crippen molar-refractivity contribution >= 4 is 12.1 Å². The average Bonchev–Trinajstić information content (AvgIpc) is 2.42. The first-order chi connectivity index (χ1) is 10.2. The van der Waals surface area contributed by atoms with Crippen LogP contribution in [0.5, 0.6) is 0 Å². The van der Waals surface area contributed by atoms with Crippen molar-refractivity contribution in [3.05, 3.63) is 35.9 Å². The van der Waals surface area contributed by atoms with Crippen LogP contribution in [0.15, 0.2) is 30.3 Å². The number of aliphatic hydroxyl groups is 1. The monoisotopic (exact) mass is 309 g/mol. The van der Waals surface area contributed by atoms with Crippen molar-refractivity contribution in [3.63, 3.8) is 0 Å². The number of hydrogen-bond donors (Lipinski definition) is 3. The van der Waals surface area contributed by atoms with Crippen molar-refractivity contribution in [3.8, 4) is 0 Å². The molecule has 0 radical (unpaired) electrons. The number of carboxylic acid groups (broad SMARTS) is 1. The van der Waals surface area contributed by atoms with Gasteiger partial charge < -0.3 is 20.3 Å². The molecule has 0 unspecified atom stereocenters. The van der Waals surface area contributed by atoms with Gasteiger partial charge in [0.15, 0.2) is 5.54 Å². The van der Waals surface area contributed by atoms with Crippen molar-refractivity contribution in [2.45, 2.75) is 44.8 Å². The van der Waals surface area contributed by atoms with Crippen LogP contribution in [0.2, 0.25) is 0 Å². The van der Waals surface area contributed by atoms with Gasteiger partial charge >= 0.3 is 12.1 Å². The second kappa shape index (κ2) is 7.26. The minimum atomic E-state index is -1.77. The molecular formula is C16H23NO5. The summed E-state index contributed by atoms with van der Waals surface area (Å²) in [6, 6.07) is 9.27. The molecule has 0 aliphatic carbocycles. The quantitative estimate of drug-likeness (QED) is 0.746. The first-order valence-corrected chi connectivity index (χ1v) is 7.08. The highest BCUT2D eigenvalue weighted by Gasteiger charge is 2.40. The van der Waals surface area contributed by atoms with Gasteiger partial charge in [-0.1, -0.05) is 30.3 Å². The van der Waals surface area contributed by atoms with E-state index in [1.54, 1.807) is 20.8 Å². The lowest BCUT2D eigenvalue weighted by atomic mass is 9.92. The SMILES string of the molecule is CC(C)(C)OC(=O)N[C@](CO)(CCc1ccccc1)C(=O)O. The van der Waals surface area contributed by atoms with Crippen LogP contribution in [0.3, 0.4) is 0 Å². The minimum Gasteiger partial charge on any atom is -0.479 e. The highest BCUT2D eigenvalue weighted by molar-refractivity contribution is 5.84. The standard InChI is InChI=1S/C16H23NO5/c1-15(2,3)22-14(21)17-16(11-18,13(19)20)10-9-12-7-5-4-6-8-12/h4-8,18H,9-11H2,1-3H3,(H,17,21)(H,19,20)/t16-/m0/s1. The first-order valence-electron chi connectivity index (χ1n) is 7.08. The number of aliphatic hydroxyl groups excluding tert-OH is 1. The normalized spacial score (nSPS) is 14.0. The molecule has 1 amide bonds. The molecule has 0 aliphatic heterocycles. The number of amides is 1. The third-order valence-electron chi connectivity index (χ3n) is 3.10. The number of nitrogens with one attached hydrogen (secondary N) is 1. The summed E-state index contributed by atoms with van der Waals surface area (Å²) >= 11 is 0. The largest absolute Gasteiger partial charge is 0.479 e. The Morgan fingerprint density at radius 1 is 1.18 bits per heavy atom. The Labute approximate surface area is 130 Å². The van der Waals surface area contributed by atoms with Crippen LogP contribution in [0.25, 0.3) is 0 Å². The summed E-state index contributed by atoms with van der Waals surface area (Å²) < 4.78 is 5.07. The van der Waals surface area contributed by atoms with Crippen molar-refractivity contribution < 1.29 is 24.5 Å². The molecule has 0 saturated carbocycles. The zero-order valence-corrected chi connectivity index (χ0v) is 13.1. The molecule has 22 heavy (non-hydrogen) atoms. The molecule has 3 N–H and O–H groups in total. The first kappa shape index (κ1) is 18.0. The zero-order chi connectivity index (χ0) is 16.8. The van der Waals surface area contributed by atoms with E-state index in [0.717, 1.165) is 5.56 Å². The van der Waals surface area contributed by atoms with E-state index >= 15 is 0 Å². The van der Waals surface area contributed by atoms with Crippen LogP contribution in [-0.4, -0.2) is 40.0 Å². The van der Waals surface area contributed by atoms with E-state index in [-0.39, 0.29) is 6.42 Å². The maximum atomic E-state index is 11.8. The fourth-order valence-electron chi connectivity index (χ4n) is 1.91. The molecule has 1 atom stereocenters. The molecule has 0 spiro atoms. The fourth-order valence-corrected chi connectivity index (χ4v) is 1.91. The van der Waals surface area contributed by atoms with E-state index in [0.29, 0.717) is 6.42 Å². The summed E-state index contributed by atoms with van der Waals surface area (Å²) in [5.41, 5.74) is -1.59. The van der Waals surface area contributed by atoms with Crippen molar-refractivity contribution in [1.29, 1.82) is 0 Å². The van der Waals surface area contributed by atoms with E-state index in [2.05, 4.69) is 5.32 Å². The Balaban J connectivity index is 2.81. The topological polar surface area (TPSA) is 95.9 Å². The van der Waals surface area contributed by atoms with Crippen LogP contribution in [0.1, 0.15) is 32.8 Å². The van der Waals surface area contributed by atoms with Gasteiger partial charge in [0.2, 0.25) is 0 Å². The number of aliphatic carboxylic acids is 1. The molecular weight excluding hydrogens is 286 g/mol. The molecule has 0 aliphatic rings. The molecule has 0 bridgehead atoms. The maximum Gasteiger partial charge on any atom is 0.408 e. The van der Waals surface area contributed by atoms with Crippen LogP contribution < -0.4 is 5.32 Å². The summed E-state index contributed by atoms with van der Waals surface area (Å²) in [5.74, 6) is -1.29. The summed E-state index contributed by atoms with van der Waals surface area (Å²) in [4.78, 5) is 23.4. The Morgan fingerprint density at radius 2 is 1.77 bits per heavy atom. The Morgan fingerprint density at radius 3 is 2.23 bits per heavy atom. The third-order valence-corrected chi connectivity index (χ3v) is 3.10. The molecule has 0 saturated heterocycles. The van der Waals surface area contributed by atoms with Gasteiger partial charge in [0.05, 0.1) is 6.61 Å². The van der Waals surface area contributed by atoms with Gasteiger partial charge in [0, 0.05) is 0 Å². The number of aryl methyl sites for hydroxylation is 1. The zero-order valence-electron chi connectivity index (χ0n) is 13.1. The van der Waals surface area contributed by atoms with E-state index in [4.69, 9.17) is 4.74 Å².